The van der Waals surface area contributed by atoms with E-state index in [4.69, 9.17) is 15.6 Å². The lowest BCUT2D eigenvalue weighted by Crippen LogP contribution is -2.37. The van der Waals surface area contributed by atoms with Gasteiger partial charge < -0.3 is 20.9 Å². The first-order valence-electron chi connectivity index (χ1n) is 7.05. The van der Waals surface area contributed by atoms with Crippen molar-refractivity contribution in [1.82, 2.24) is 5.32 Å². The van der Waals surface area contributed by atoms with Gasteiger partial charge in [0, 0.05) is 18.9 Å². The summed E-state index contributed by atoms with van der Waals surface area (Å²) in [5, 5.41) is 11.9. The van der Waals surface area contributed by atoms with Crippen LogP contribution in [0.25, 0.3) is 0 Å². The molecular weight excluding hydrogens is 256 g/mol. The number of aliphatic hydroxyl groups excluding tert-OH is 1. The summed E-state index contributed by atoms with van der Waals surface area (Å²) in [5.41, 5.74) is 6.44. The Hall–Kier alpha value is -1.59. The highest BCUT2D eigenvalue weighted by Crippen LogP contribution is 2.18. The number of piperidine rings is 1. The summed E-state index contributed by atoms with van der Waals surface area (Å²) in [6, 6.07) is 7.83. The number of amides is 1. The molecule has 0 saturated carbocycles. The van der Waals surface area contributed by atoms with Crippen LogP contribution in [-0.2, 0) is 11.2 Å². The fourth-order valence-corrected chi connectivity index (χ4v) is 2.25. The number of aliphatic hydroxyl groups is 1. The smallest absolute Gasteiger partial charge is 0.220 e. The van der Waals surface area contributed by atoms with Gasteiger partial charge in [-0.25, -0.2) is 0 Å². The Morgan fingerprint density at radius 3 is 3.05 bits per heavy atom. The van der Waals surface area contributed by atoms with Gasteiger partial charge in [0.1, 0.15) is 12.0 Å². The maximum Gasteiger partial charge on any atom is 0.220 e. The lowest BCUT2D eigenvalue weighted by atomic mass is 10.0. The first-order chi connectivity index (χ1) is 9.63. The Bertz CT molecular complexity index is 438. The van der Waals surface area contributed by atoms with E-state index >= 15 is 0 Å². The molecule has 1 aliphatic heterocycles. The van der Waals surface area contributed by atoms with Crippen LogP contribution in [0.15, 0.2) is 24.3 Å². The molecule has 0 spiro atoms. The van der Waals surface area contributed by atoms with Crippen molar-refractivity contribution in [1.29, 1.82) is 0 Å². The predicted octanol–water partition coefficient (Wildman–Crippen LogP) is 0.801. The van der Waals surface area contributed by atoms with Gasteiger partial charge in [-0.2, -0.15) is 0 Å². The van der Waals surface area contributed by atoms with Crippen LogP contribution in [0, 0.1) is 5.92 Å². The van der Waals surface area contributed by atoms with Crippen molar-refractivity contribution in [2.45, 2.75) is 31.9 Å². The minimum absolute atomic E-state index is 0.128. The van der Waals surface area contributed by atoms with Gasteiger partial charge in [0.2, 0.25) is 5.91 Å². The van der Waals surface area contributed by atoms with Gasteiger partial charge in [-0.15, -0.1) is 0 Å². The molecule has 1 aromatic rings. The van der Waals surface area contributed by atoms with E-state index in [9.17, 15) is 4.79 Å². The molecule has 110 valence electrons. The molecule has 5 heteroatoms. The van der Waals surface area contributed by atoms with Gasteiger partial charge in [-0.1, -0.05) is 12.1 Å². The highest BCUT2D eigenvalue weighted by atomic mass is 16.5. The van der Waals surface area contributed by atoms with Crippen molar-refractivity contribution in [3.63, 3.8) is 0 Å². The van der Waals surface area contributed by atoms with E-state index in [0.29, 0.717) is 31.9 Å². The van der Waals surface area contributed by atoms with Crippen molar-refractivity contribution in [3.05, 3.63) is 29.8 Å². The van der Waals surface area contributed by atoms with Crippen molar-refractivity contribution < 1.29 is 14.6 Å². The van der Waals surface area contributed by atoms with Crippen LogP contribution in [0.4, 0.5) is 0 Å². The quantitative estimate of drug-likeness (QED) is 0.672. The van der Waals surface area contributed by atoms with Gasteiger partial charge >= 0.3 is 0 Å². The molecule has 0 aliphatic carbocycles. The average molecular weight is 278 g/mol. The van der Waals surface area contributed by atoms with E-state index in [1.807, 2.05) is 24.3 Å². The second-order valence-electron chi connectivity index (χ2n) is 5.27. The minimum Gasteiger partial charge on any atom is -0.493 e. The number of nitrogens with one attached hydrogen (secondary N) is 1. The van der Waals surface area contributed by atoms with Crippen molar-refractivity contribution in [3.8, 4) is 5.75 Å². The molecule has 5 nitrogen and oxygen atoms in total. The summed E-state index contributed by atoms with van der Waals surface area (Å²) >= 11 is 0. The Morgan fingerprint density at radius 1 is 1.50 bits per heavy atom. The van der Waals surface area contributed by atoms with E-state index in [-0.39, 0.29) is 5.91 Å². The standard InChI is InChI=1S/C15H22N2O3/c16-14(18)6-4-11-2-1-3-13(8-11)20-10-12-5-7-15(19)17-9-12/h1-3,8,12,14,18H,4-7,9-10,16H2,(H,17,19)/t12?,14-/m1/s1. The topological polar surface area (TPSA) is 84.6 Å². The number of carbonyl (C=O) groups excluding carboxylic acids is 1. The maximum absolute atomic E-state index is 11.1. The number of nitrogens with two attached hydrogens (primary N) is 1. The number of rotatable bonds is 6. The minimum atomic E-state index is -0.773. The van der Waals surface area contributed by atoms with Crippen LogP contribution in [0.2, 0.25) is 0 Å². The number of carbonyl (C=O) groups is 1. The van der Waals surface area contributed by atoms with E-state index < -0.39 is 6.23 Å². The fraction of sp³-hybridized carbons (Fsp3) is 0.533. The molecule has 2 atom stereocenters. The zero-order valence-electron chi connectivity index (χ0n) is 11.5. The molecule has 4 N–H and O–H groups in total. The molecule has 1 aliphatic rings. The van der Waals surface area contributed by atoms with Crippen molar-refractivity contribution in [2.75, 3.05) is 13.2 Å². The first-order valence-corrected chi connectivity index (χ1v) is 7.05. The summed E-state index contributed by atoms with van der Waals surface area (Å²) in [6.45, 7) is 1.31. The van der Waals surface area contributed by atoms with Gasteiger partial charge in [0.05, 0.1) is 6.61 Å². The molecule has 20 heavy (non-hydrogen) atoms. The largest absolute Gasteiger partial charge is 0.493 e. The second-order valence-corrected chi connectivity index (χ2v) is 5.27. The van der Waals surface area contributed by atoms with Crippen LogP contribution in [0.3, 0.4) is 0 Å². The molecule has 1 aromatic carbocycles. The summed E-state index contributed by atoms with van der Waals surface area (Å²) in [7, 11) is 0. The van der Waals surface area contributed by atoms with Crippen LogP contribution in [-0.4, -0.2) is 30.4 Å². The molecule has 1 amide bonds. The summed E-state index contributed by atoms with van der Waals surface area (Å²) in [6.07, 6.45) is 1.96. The van der Waals surface area contributed by atoms with E-state index in [0.717, 1.165) is 24.2 Å². The maximum atomic E-state index is 11.1. The lowest BCUT2D eigenvalue weighted by Gasteiger charge is -2.22. The summed E-state index contributed by atoms with van der Waals surface area (Å²) in [4.78, 5) is 11.1. The highest BCUT2D eigenvalue weighted by molar-refractivity contribution is 5.76. The van der Waals surface area contributed by atoms with Crippen molar-refractivity contribution in [2.24, 2.45) is 11.7 Å². The Labute approximate surface area is 119 Å². The Balaban J connectivity index is 1.80. The highest BCUT2D eigenvalue weighted by Gasteiger charge is 2.18. The molecule has 2 rings (SSSR count). The van der Waals surface area contributed by atoms with Gasteiger partial charge in [-0.3, -0.25) is 4.79 Å². The lowest BCUT2D eigenvalue weighted by molar-refractivity contribution is -0.123. The van der Waals surface area contributed by atoms with E-state index in [2.05, 4.69) is 5.32 Å². The molecule has 1 unspecified atom stereocenters. The Morgan fingerprint density at radius 2 is 2.35 bits per heavy atom. The Kier molecular flexibility index (Phi) is 5.38. The summed E-state index contributed by atoms with van der Waals surface area (Å²) in [5.74, 6) is 1.33. The molecule has 1 heterocycles. The third-order valence-corrected chi connectivity index (χ3v) is 3.48. The summed E-state index contributed by atoms with van der Waals surface area (Å²) < 4.78 is 5.78. The monoisotopic (exact) mass is 278 g/mol. The SMILES string of the molecule is N[C@H](O)CCc1cccc(OCC2CCC(=O)NC2)c1. The molecule has 1 fully saturated rings. The van der Waals surface area contributed by atoms with Gasteiger partial charge in [0.25, 0.3) is 0 Å². The third kappa shape index (κ3) is 4.83. The normalized spacial score (nSPS) is 20.3. The molecular formula is C15H22N2O3. The number of benzene rings is 1. The van der Waals surface area contributed by atoms with Gasteiger partial charge in [-0.05, 0) is 37.0 Å². The molecule has 1 saturated heterocycles. The molecule has 0 radical (unpaired) electrons. The number of hydrogen-bond donors (Lipinski definition) is 3. The van der Waals surface area contributed by atoms with Crippen LogP contribution >= 0.6 is 0 Å². The number of aryl methyl sites for hydroxylation is 1. The van der Waals surface area contributed by atoms with Crippen molar-refractivity contribution >= 4 is 5.91 Å². The number of ether oxygens (including phenoxy) is 1. The zero-order valence-corrected chi connectivity index (χ0v) is 11.5. The van der Waals surface area contributed by atoms with Crippen LogP contribution < -0.4 is 15.8 Å². The first kappa shape index (κ1) is 14.8. The fourth-order valence-electron chi connectivity index (χ4n) is 2.25. The van der Waals surface area contributed by atoms with E-state index in [1.54, 1.807) is 0 Å². The number of hydrogen-bond acceptors (Lipinski definition) is 4. The van der Waals surface area contributed by atoms with Crippen LogP contribution in [0.1, 0.15) is 24.8 Å². The third-order valence-electron chi connectivity index (χ3n) is 3.48. The predicted molar refractivity (Wildman–Crippen MR) is 76.2 cm³/mol. The zero-order chi connectivity index (χ0) is 14.4. The average Bonchev–Trinajstić information content (AvgIpc) is 2.45. The molecule has 0 bridgehead atoms. The van der Waals surface area contributed by atoms with Crippen LogP contribution in [0.5, 0.6) is 5.75 Å². The molecule has 0 aromatic heterocycles. The second kappa shape index (κ2) is 7.26. The van der Waals surface area contributed by atoms with E-state index in [1.165, 1.54) is 0 Å². The van der Waals surface area contributed by atoms with Gasteiger partial charge in [0.15, 0.2) is 0 Å².